The first-order valence-electron chi connectivity index (χ1n) is 11.6. The summed E-state index contributed by atoms with van der Waals surface area (Å²) in [5, 5.41) is 0. The van der Waals surface area contributed by atoms with E-state index in [1.807, 2.05) is 31.2 Å². The molecule has 3 aromatic carbocycles. The average Bonchev–Trinajstić information content (AvgIpc) is 2.84. The van der Waals surface area contributed by atoms with Crippen LogP contribution in [0.5, 0.6) is 0 Å². The molecule has 0 N–H and O–H groups in total. The van der Waals surface area contributed by atoms with E-state index in [1.54, 1.807) is 36.4 Å². The van der Waals surface area contributed by atoms with Crippen LogP contribution in [-0.2, 0) is 19.8 Å². The Kier molecular flexibility index (Phi) is 7.35. The Bertz CT molecular complexity index is 1270. The van der Waals surface area contributed by atoms with Crippen LogP contribution in [0.25, 0.3) is 0 Å². The third-order valence-corrected chi connectivity index (χ3v) is 10.9. The fourth-order valence-electron chi connectivity index (χ4n) is 4.70. The van der Waals surface area contributed by atoms with Gasteiger partial charge in [0.1, 0.15) is 0 Å². The minimum absolute atomic E-state index is 0.0174. The van der Waals surface area contributed by atoms with Gasteiger partial charge in [-0.1, -0.05) is 85.5 Å². The number of aryl methyl sites for hydroxylation is 1. The zero-order chi connectivity index (χ0) is 23.3. The lowest BCUT2D eigenvalue weighted by Gasteiger charge is -2.31. The first kappa shape index (κ1) is 23.7. The maximum Gasteiger partial charge on any atom is 0.290 e. The lowest BCUT2D eigenvalue weighted by molar-refractivity contribution is 0.317. The van der Waals surface area contributed by atoms with Crippen LogP contribution in [0.1, 0.15) is 49.1 Å². The fourth-order valence-corrected chi connectivity index (χ4v) is 9.11. The average molecular weight is 482 g/mol. The zero-order valence-corrected chi connectivity index (χ0v) is 20.6. The predicted octanol–water partition coefficient (Wildman–Crippen LogP) is 6.57. The Balaban J connectivity index is 1.83. The van der Waals surface area contributed by atoms with Gasteiger partial charge in [-0.05, 0) is 61.4 Å². The van der Waals surface area contributed by atoms with Gasteiger partial charge in [-0.2, -0.15) is 8.42 Å². The highest BCUT2D eigenvalue weighted by atomic mass is 32.3. The Morgan fingerprint density at radius 1 is 0.758 bits per heavy atom. The highest BCUT2D eigenvalue weighted by Gasteiger charge is 2.31. The number of hydrogen-bond donors (Lipinski definition) is 0. The van der Waals surface area contributed by atoms with E-state index in [4.69, 9.17) is 0 Å². The number of benzene rings is 3. The highest BCUT2D eigenvalue weighted by Crippen LogP contribution is 2.38. The summed E-state index contributed by atoms with van der Waals surface area (Å²) in [6, 6.07) is 25.5. The summed E-state index contributed by atoms with van der Waals surface area (Å²) in [6.45, 7) is 1.90. The molecule has 0 heterocycles. The van der Waals surface area contributed by atoms with Crippen LogP contribution < -0.4 is 0 Å². The standard InChI is InChI=1S/C27H31NO3S2/c1-22-17-19-26(20-18-22)33(30,31)28-32(29,25-15-9-4-10-16-25)21-27(23-11-5-2-6-12-23)24-13-7-3-8-14-24/h2,4-6,9-12,15-20,24,27H,3,7-8,13-14,21H2,1H3/t27-,32?/m0/s1. The van der Waals surface area contributed by atoms with Crippen molar-refractivity contribution >= 4 is 19.8 Å². The molecule has 33 heavy (non-hydrogen) atoms. The summed E-state index contributed by atoms with van der Waals surface area (Å²) >= 11 is 0. The first-order valence-corrected chi connectivity index (χ1v) is 14.7. The molecule has 3 aromatic rings. The minimum Gasteiger partial charge on any atom is -0.244 e. The Morgan fingerprint density at radius 2 is 1.33 bits per heavy atom. The Morgan fingerprint density at radius 3 is 1.94 bits per heavy atom. The number of sulfonamides is 1. The maximum absolute atomic E-state index is 14.5. The van der Waals surface area contributed by atoms with Crippen molar-refractivity contribution < 1.29 is 12.6 Å². The topological polar surface area (TPSA) is 63.6 Å². The molecular weight excluding hydrogens is 450 g/mol. The van der Waals surface area contributed by atoms with E-state index in [-0.39, 0.29) is 16.6 Å². The zero-order valence-electron chi connectivity index (χ0n) is 19.0. The van der Waals surface area contributed by atoms with Crippen molar-refractivity contribution in [2.75, 3.05) is 5.75 Å². The van der Waals surface area contributed by atoms with Crippen LogP contribution in [0.15, 0.2) is 98.5 Å². The van der Waals surface area contributed by atoms with Gasteiger partial charge in [0.15, 0.2) is 0 Å². The van der Waals surface area contributed by atoms with Gasteiger partial charge in [0.2, 0.25) is 0 Å². The van der Waals surface area contributed by atoms with Crippen LogP contribution in [0.2, 0.25) is 0 Å². The third-order valence-electron chi connectivity index (χ3n) is 6.50. The van der Waals surface area contributed by atoms with Gasteiger partial charge in [-0.3, -0.25) is 0 Å². The van der Waals surface area contributed by atoms with Gasteiger partial charge in [0.25, 0.3) is 10.0 Å². The molecule has 0 radical (unpaired) electrons. The molecule has 0 amide bonds. The molecule has 1 saturated carbocycles. The van der Waals surface area contributed by atoms with Crippen molar-refractivity contribution in [2.45, 2.75) is 54.7 Å². The summed E-state index contributed by atoms with van der Waals surface area (Å²) in [7, 11) is -7.34. The lowest BCUT2D eigenvalue weighted by Crippen LogP contribution is -2.25. The van der Waals surface area contributed by atoms with Crippen LogP contribution in [0, 0.1) is 12.8 Å². The Labute approximate surface area is 198 Å². The summed E-state index contributed by atoms with van der Waals surface area (Å²) in [6.07, 6.45) is 5.65. The van der Waals surface area contributed by atoms with Crippen molar-refractivity contribution in [3.63, 3.8) is 0 Å². The summed E-state index contributed by atoms with van der Waals surface area (Å²) < 4.78 is 45.3. The molecule has 2 atom stereocenters. The lowest BCUT2D eigenvalue weighted by atomic mass is 9.78. The van der Waals surface area contributed by atoms with Crippen molar-refractivity contribution in [2.24, 2.45) is 9.69 Å². The first-order chi connectivity index (χ1) is 15.9. The van der Waals surface area contributed by atoms with Crippen molar-refractivity contribution in [1.29, 1.82) is 0 Å². The molecule has 1 aliphatic carbocycles. The van der Waals surface area contributed by atoms with Crippen molar-refractivity contribution in [3.8, 4) is 0 Å². The van der Waals surface area contributed by atoms with Gasteiger partial charge in [-0.15, -0.1) is 3.77 Å². The van der Waals surface area contributed by atoms with Gasteiger partial charge < -0.3 is 0 Å². The largest absolute Gasteiger partial charge is 0.290 e. The molecule has 4 rings (SSSR count). The van der Waals surface area contributed by atoms with E-state index in [1.165, 1.54) is 18.6 Å². The number of nitrogens with zero attached hydrogens (tertiary/aromatic N) is 1. The van der Waals surface area contributed by atoms with Crippen LogP contribution in [0.3, 0.4) is 0 Å². The summed E-state index contributed by atoms with van der Waals surface area (Å²) in [5.41, 5.74) is 2.06. The van der Waals surface area contributed by atoms with E-state index in [0.29, 0.717) is 10.8 Å². The quantitative estimate of drug-likeness (QED) is 0.383. The number of rotatable bonds is 7. The predicted molar refractivity (Wildman–Crippen MR) is 134 cm³/mol. The Hall–Kier alpha value is -2.44. The SMILES string of the molecule is Cc1ccc(S(=O)(=O)N=S(=O)(C[C@@H](c2ccccc2)C2CCCCC2)c2ccccc2)cc1. The maximum atomic E-state index is 14.5. The van der Waals surface area contributed by atoms with Crippen LogP contribution in [0.4, 0.5) is 0 Å². The second-order valence-electron chi connectivity index (χ2n) is 8.90. The fraction of sp³-hybridized carbons (Fsp3) is 0.333. The van der Waals surface area contributed by atoms with Gasteiger partial charge in [0.05, 0.1) is 14.6 Å². The molecule has 0 bridgehead atoms. The van der Waals surface area contributed by atoms with Crippen molar-refractivity contribution in [1.82, 2.24) is 0 Å². The second-order valence-corrected chi connectivity index (χ2v) is 13.0. The van der Waals surface area contributed by atoms with E-state index >= 15 is 0 Å². The van der Waals surface area contributed by atoms with Gasteiger partial charge in [0, 0.05) is 10.6 Å². The molecule has 1 unspecified atom stereocenters. The second kappa shape index (κ2) is 10.2. The van der Waals surface area contributed by atoms with Gasteiger partial charge in [-0.25, -0.2) is 4.21 Å². The van der Waals surface area contributed by atoms with Gasteiger partial charge >= 0.3 is 0 Å². The molecule has 1 aliphatic rings. The van der Waals surface area contributed by atoms with E-state index in [2.05, 4.69) is 15.9 Å². The molecule has 4 nitrogen and oxygen atoms in total. The van der Waals surface area contributed by atoms with E-state index in [0.717, 1.165) is 36.8 Å². The van der Waals surface area contributed by atoms with E-state index < -0.39 is 19.8 Å². The third kappa shape index (κ3) is 5.74. The molecule has 0 aliphatic heterocycles. The molecular formula is C27H31NO3S2. The molecule has 0 saturated heterocycles. The van der Waals surface area contributed by atoms with E-state index in [9.17, 15) is 12.6 Å². The summed E-state index contributed by atoms with van der Waals surface area (Å²) in [4.78, 5) is 0.545. The minimum atomic E-state index is -4.09. The monoisotopic (exact) mass is 481 g/mol. The van der Waals surface area contributed by atoms with Crippen molar-refractivity contribution in [3.05, 3.63) is 96.1 Å². The van der Waals surface area contributed by atoms with Crippen LogP contribution >= 0.6 is 0 Å². The highest BCUT2D eigenvalue weighted by molar-refractivity contribution is 8.03. The smallest absolute Gasteiger partial charge is 0.244 e. The van der Waals surface area contributed by atoms with Crippen LogP contribution in [-0.4, -0.2) is 18.4 Å². The molecule has 174 valence electrons. The molecule has 0 aromatic heterocycles. The molecule has 1 fully saturated rings. The molecule has 0 spiro atoms. The summed E-state index contributed by atoms with van der Waals surface area (Å²) in [5.74, 6) is 0.538. The normalized spacial score (nSPS) is 17.7. The molecule has 6 heteroatoms. The number of hydrogen-bond acceptors (Lipinski definition) is 3.